The highest BCUT2D eigenvalue weighted by atomic mass is 79.9. The number of thiazole rings is 1. The Morgan fingerprint density at radius 2 is 2.00 bits per heavy atom. The number of aromatic nitrogens is 1. The lowest BCUT2D eigenvalue weighted by atomic mass is 10.1. The molecule has 1 N–H and O–H groups in total. The van der Waals surface area contributed by atoms with Crippen LogP contribution in [-0.2, 0) is 0 Å². The van der Waals surface area contributed by atoms with E-state index >= 15 is 0 Å². The Morgan fingerprint density at radius 1 is 1.19 bits per heavy atom. The standard InChI is InChI=1S/C16H13BrN2OS/c1-9-7-11(17)3-5-13(9)16(20)19-12-4-6-15-14(8-12)18-10(2)21-15/h3-8H,1-2H3,(H,19,20). The zero-order valence-electron chi connectivity index (χ0n) is 11.6. The second kappa shape index (κ2) is 5.58. The van der Waals surface area contributed by atoms with Crippen LogP contribution >= 0.6 is 27.3 Å². The summed E-state index contributed by atoms with van der Waals surface area (Å²) in [6, 6.07) is 11.4. The number of hydrogen-bond donors (Lipinski definition) is 1. The number of nitrogens with zero attached hydrogens (tertiary/aromatic N) is 1. The number of nitrogens with one attached hydrogen (secondary N) is 1. The molecule has 0 fully saturated rings. The SMILES string of the molecule is Cc1nc2cc(NC(=O)c3ccc(Br)cc3C)ccc2s1. The Hall–Kier alpha value is -1.72. The first-order valence-corrected chi connectivity index (χ1v) is 8.08. The minimum absolute atomic E-state index is 0.105. The van der Waals surface area contributed by atoms with Crippen LogP contribution in [0.1, 0.15) is 20.9 Å². The fourth-order valence-corrected chi connectivity index (χ4v) is 3.48. The normalized spacial score (nSPS) is 10.8. The summed E-state index contributed by atoms with van der Waals surface area (Å²) in [6.45, 7) is 3.90. The molecule has 0 spiro atoms. The molecule has 0 radical (unpaired) electrons. The van der Waals surface area contributed by atoms with Gasteiger partial charge in [-0.05, 0) is 55.8 Å². The Morgan fingerprint density at radius 3 is 2.76 bits per heavy atom. The van der Waals surface area contributed by atoms with Gasteiger partial charge in [-0.3, -0.25) is 4.79 Å². The van der Waals surface area contributed by atoms with Crippen LogP contribution in [0.15, 0.2) is 40.9 Å². The fraction of sp³-hybridized carbons (Fsp3) is 0.125. The van der Waals surface area contributed by atoms with Gasteiger partial charge < -0.3 is 5.32 Å². The van der Waals surface area contributed by atoms with Gasteiger partial charge >= 0.3 is 0 Å². The van der Waals surface area contributed by atoms with Gasteiger partial charge in [-0.15, -0.1) is 11.3 Å². The third-order valence-corrected chi connectivity index (χ3v) is 4.63. The molecule has 1 amide bonds. The van der Waals surface area contributed by atoms with Crippen LogP contribution in [0.3, 0.4) is 0 Å². The fourth-order valence-electron chi connectivity index (χ4n) is 2.20. The lowest BCUT2D eigenvalue weighted by Crippen LogP contribution is -2.13. The second-order valence-electron chi connectivity index (χ2n) is 4.83. The molecule has 0 unspecified atom stereocenters. The van der Waals surface area contributed by atoms with Crippen molar-refractivity contribution >= 4 is 49.1 Å². The third-order valence-electron chi connectivity index (χ3n) is 3.19. The van der Waals surface area contributed by atoms with Crippen LogP contribution in [0.25, 0.3) is 10.2 Å². The summed E-state index contributed by atoms with van der Waals surface area (Å²) >= 11 is 5.05. The number of carbonyl (C=O) groups excluding carboxylic acids is 1. The molecular weight excluding hydrogens is 348 g/mol. The Bertz CT molecular complexity index is 841. The van der Waals surface area contributed by atoms with E-state index in [4.69, 9.17) is 0 Å². The van der Waals surface area contributed by atoms with Gasteiger partial charge in [0.05, 0.1) is 15.2 Å². The summed E-state index contributed by atoms with van der Waals surface area (Å²) in [6.07, 6.45) is 0. The average molecular weight is 361 g/mol. The maximum absolute atomic E-state index is 12.3. The first-order chi connectivity index (χ1) is 10.0. The molecule has 1 heterocycles. The molecule has 0 aliphatic heterocycles. The molecule has 3 aromatic rings. The van der Waals surface area contributed by atoms with Crippen molar-refractivity contribution < 1.29 is 4.79 Å². The van der Waals surface area contributed by atoms with Gasteiger partial charge in [-0.25, -0.2) is 4.98 Å². The molecule has 0 atom stereocenters. The number of amides is 1. The molecule has 1 aromatic heterocycles. The first-order valence-electron chi connectivity index (χ1n) is 6.47. The summed E-state index contributed by atoms with van der Waals surface area (Å²) in [4.78, 5) is 16.8. The van der Waals surface area contributed by atoms with Gasteiger partial charge in [0.1, 0.15) is 0 Å². The van der Waals surface area contributed by atoms with Crippen LogP contribution in [0.5, 0.6) is 0 Å². The van der Waals surface area contributed by atoms with E-state index in [1.165, 1.54) is 0 Å². The van der Waals surface area contributed by atoms with Crippen molar-refractivity contribution in [2.75, 3.05) is 5.32 Å². The van der Waals surface area contributed by atoms with E-state index in [-0.39, 0.29) is 5.91 Å². The monoisotopic (exact) mass is 360 g/mol. The highest BCUT2D eigenvalue weighted by Gasteiger charge is 2.10. The molecule has 21 heavy (non-hydrogen) atoms. The van der Waals surface area contributed by atoms with Gasteiger partial charge in [-0.1, -0.05) is 15.9 Å². The van der Waals surface area contributed by atoms with E-state index in [1.54, 1.807) is 11.3 Å². The minimum atomic E-state index is -0.105. The molecule has 0 saturated carbocycles. The van der Waals surface area contributed by atoms with Crippen LogP contribution in [-0.4, -0.2) is 10.9 Å². The van der Waals surface area contributed by atoms with Crippen molar-refractivity contribution in [3.05, 3.63) is 57.0 Å². The number of hydrogen-bond acceptors (Lipinski definition) is 3. The van der Waals surface area contributed by atoms with Crippen LogP contribution in [0, 0.1) is 13.8 Å². The predicted octanol–water partition coefficient (Wildman–Crippen LogP) is 4.93. The number of carbonyl (C=O) groups is 1. The topological polar surface area (TPSA) is 42.0 Å². The molecule has 106 valence electrons. The van der Waals surface area contributed by atoms with Gasteiger partial charge in [0.15, 0.2) is 0 Å². The summed E-state index contributed by atoms with van der Waals surface area (Å²) < 4.78 is 2.10. The summed E-state index contributed by atoms with van der Waals surface area (Å²) in [5, 5.41) is 3.96. The van der Waals surface area contributed by atoms with Crippen molar-refractivity contribution in [1.82, 2.24) is 4.98 Å². The van der Waals surface area contributed by atoms with E-state index in [0.717, 1.165) is 30.9 Å². The molecule has 0 aliphatic rings. The Labute approximate surface area is 135 Å². The van der Waals surface area contributed by atoms with E-state index in [1.807, 2.05) is 50.2 Å². The highest BCUT2D eigenvalue weighted by Crippen LogP contribution is 2.25. The Kier molecular flexibility index (Phi) is 3.78. The molecule has 3 rings (SSSR count). The lowest BCUT2D eigenvalue weighted by molar-refractivity contribution is 0.102. The molecular formula is C16H13BrN2OS. The van der Waals surface area contributed by atoms with E-state index in [0.29, 0.717) is 5.56 Å². The van der Waals surface area contributed by atoms with Crippen molar-refractivity contribution in [3.8, 4) is 0 Å². The molecule has 0 saturated heterocycles. The lowest BCUT2D eigenvalue weighted by Gasteiger charge is -2.08. The van der Waals surface area contributed by atoms with Crippen LogP contribution in [0.4, 0.5) is 5.69 Å². The quantitative estimate of drug-likeness (QED) is 0.703. The van der Waals surface area contributed by atoms with Crippen molar-refractivity contribution in [1.29, 1.82) is 0 Å². The predicted molar refractivity (Wildman–Crippen MR) is 91.2 cm³/mol. The zero-order valence-corrected chi connectivity index (χ0v) is 14.0. The van der Waals surface area contributed by atoms with E-state index < -0.39 is 0 Å². The van der Waals surface area contributed by atoms with Gasteiger partial charge in [0, 0.05) is 15.7 Å². The maximum Gasteiger partial charge on any atom is 0.255 e. The third kappa shape index (κ3) is 2.99. The number of fused-ring (bicyclic) bond motifs is 1. The summed E-state index contributed by atoms with van der Waals surface area (Å²) in [5.41, 5.74) is 3.29. The molecule has 3 nitrogen and oxygen atoms in total. The minimum Gasteiger partial charge on any atom is -0.322 e. The zero-order chi connectivity index (χ0) is 15.0. The summed E-state index contributed by atoms with van der Waals surface area (Å²) in [7, 11) is 0. The van der Waals surface area contributed by atoms with Crippen molar-refractivity contribution in [2.24, 2.45) is 0 Å². The highest BCUT2D eigenvalue weighted by molar-refractivity contribution is 9.10. The Balaban J connectivity index is 1.88. The van der Waals surface area contributed by atoms with E-state index in [9.17, 15) is 4.79 Å². The molecule has 2 aromatic carbocycles. The van der Waals surface area contributed by atoms with Crippen molar-refractivity contribution in [3.63, 3.8) is 0 Å². The number of halogens is 1. The smallest absolute Gasteiger partial charge is 0.255 e. The second-order valence-corrected chi connectivity index (χ2v) is 6.98. The summed E-state index contributed by atoms with van der Waals surface area (Å²) in [5.74, 6) is -0.105. The maximum atomic E-state index is 12.3. The molecule has 0 aliphatic carbocycles. The average Bonchev–Trinajstić information content (AvgIpc) is 2.77. The molecule has 5 heteroatoms. The van der Waals surface area contributed by atoms with Crippen LogP contribution in [0.2, 0.25) is 0 Å². The van der Waals surface area contributed by atoms with Gasteiger partial charge in [-0.2, -0.15) is 0 Å². The van der Waals surface area contributed by atoms with E-state index in [2.05, 4.69) is 26.2 Å². The number of rotatable bonds is 2. The number of aryl methyl sites for hydroxylation is 2. The molecule has 0 bridgehead atoms. The largest absolute Gasteiger partial charge is 0.322 e. The number of anilines is 1. The van der Waals surface area contributed by atoms with Crippen molar-refractivity contribution in [2.45, 2.75) is 13.8 Å². The number of benzene rings is 2. The first kappa shape index (κ1) is 14.2. The van der Waals surface area contributed by atoms with Crippen LogP contribution < -0.4 is 5.32 Å². The van der Waals surface area contributed by atoms with Gasteiger partial charge in [0.2, 0.25) is 0 Å². The van der Waals surface area contributed by atoms with Gasteiger partial charge in [0.25, 0.3) is 5.91 Å².